The van der Waals surface area contributed by atoms with Crippen molar-refractivity contribution in [1.29, 1.82) is 0 Å². The van der Waals surface area contributed by atoms with Gasteiger partial charge >= 0.3 is 0 Å². The van der Waals surface area contributed by atoms with Gasteiger partial charge in [0.05, 0.1) is 0 Å². The highest BCUT2D eigenvalue weighted by Crippen LogP contribution is 2.31. The van der Waals surface area contributed by atoms with Gasteiger partial charge in [-0.25, -0.2) is 0 Å². The Labute approximate surface area is 135 Å². The number of hydrogen-bond acceptors (Lipinski definition) is 4. The molecular weight excluding hydrogens is 296 g/mol. The van der Waals surface area contributed by atoms with E-state index >= 15 is 0 Å². The number of rotatable bonds is 9. The molecule has 2 heterocycles. The van der Waals surface area contributed by atoms with Crippen molar-refractivity contribution in [1.82, 2.24) is 10.2 Å². The van der Waals surface area contributed by atoms with E-state index in [2.05, 4.69) is 46.8 Å². The Morgan fingerprint density at radius 2 is 1.95 bits per heavy atom. The van der Waals surface area contributed by atoms with Crippen LogP contribution >= 0.6 is 22.7 Å². The minimum atomic E-state index is 0.816. The molecule has 1 N–H and O–H groups in total. The van der Waals surface area contributed by atoms with E-state index in [1.165, 1.54) is 33.9 Å². The number of nitrogens with one attached hydrogen (secondary N) is 1. The van der Waals surface area contributed by atoms with E-state index in [0.29, 0.717) is 0 Å². The quantitative estimate of drug-likeness (QED) is 0.686. The van der Waals surface area contributed by atoms with Crippen molar-refractivity contribution in [3.63, 3.8) is 0 Å². The van der Waals surface area contributed by atoms with Crippen LogP contribution in [-0.2, 0) is 19.6 Å². The molecule has 0 aliphatic heterocycles. The summed E-state index contributed by atoms with van der Waals surface area (Å²) in [5.74, 6) is 0. The summed E-state index contributed by atoms with van der Waals surface area (Å²) in [5.41, 5.74) is 0. The predicted octanol–water partition coefficient (Wildman–Crippen LogP) is 4.47. The first kappa shape index (κ1) is 15.2. The molecule has 114 valence electrons. The van der Waals surface area contributed by atoms with Gasteiger partial charge in [-0.2, -0.15) is 0 Å². The fraction of sp³-hybridized carbons (Fsp3) is 0.529. The lowest BCUT2D eigenvalue weighted by Crippen LogP contribution is -2.24. The van der Waals surface area contributed by atoms with Crippen LogP contribution in [0.3, 0.4) is 0 Å². The van der Waals surface area contributed by atoms with E-state index in [1.54, 1.807) is 0 Å². The molecule has 1 aliphatic carbocycles. The van der Waals surface area contributed by atoms with Crippen LogP contribution in [0.2, 0.25) is 0 Å². The lowest BCUT2D eigenvalue weighted by atomic mass is 10.3. The van der Waals surface area contributed by atoms with E-state index in [0.717, 1.165) is 32.2 Å². The summed E-state index contributed by atoms with van der Waals surface area (Å²) in [6, 6.07) is 9.84. The topological polar surface area (TPSA) is 15.3 Å². The summed E-state index contributed by atoms with van der Waals surface area (Å²) < 4.78 is 0. The van der Waals surface area contributed by atoms with Gasteiger partial charge in [-0.1, -0.05) is 13.0 Å². The molecule has 2 aromatic heterocycles. The molecule has 0 atom stereocenters. The molecule has 1 saturated carbocycles. The number of hydrogen-bond donors (Lipinski definition) is 1. The normalized spacial score (nSPS) is 15.0. The Hall–Kier alpha value is -0.680. The predicted molar refractivity (Wildman–Crippen MR) is 92.9 cm³/mol. The average Bonchev–Trinajstić information content (AvgIpc) is 3.03. The molecule has 0 radical (unpaired) electrons. The zero-order chi connectivity index (χ0) is 14.5. The zero-order valence-electron chi connectivity index (χ0n) is 12.7. The minimum absolute atomic E-state index is 0.816. The van der Waals surface area contributed by atoms with Crippen molar-refractivity contribution in [3.05, 3.63) is 44.3 Å². The van der Waals surface area contributed by atoms with E-state index in [-0.39, 0.29) is 0 Å². The van der Waals surface area contributed by atoms with E-state index in [9.17, 15) is 0 Å². The second-order valence-corrected chi connectivity index (χ2v) is 8.05. The van der Waals surface area contributed by atoms with Crippen LogP contribution in [0.25, 0.3) is 0 Å². The molecule has 0 unspecified atom stereocenters. The van der Waals surface area contributed by atoms with Gasteiger partial charge in [-0.3, -0.25) is 4.90 Å². The summed E-state index contributed by atoms with van der Waals surface area (Å²) in [7, 11) is 0. The third-order valence-corrected chi connectivity index (χ3v) is 5.74. The lowest BCUT2D eigenvalue weighted by molar-refractivity contribution is 0.250. The van der Waals surface area contributed by atoms with Crippen molar-refractivity contribution in [2.45, 2.75) is 51.9 Å². The summed E-state index contributed by atoms with van der Waals surface area (Å²) >= 11 is 3.85. The standard InChI is InChI=1S/C17H24N2S2/c1-2-9-18-11-15-7-8-17(21-15)13-19(14-5-6-14)12-16-4-3-10-20-16/h3-4,7-8,10,14,18H,2,5-6,9,11-13H2,1H3. The Morgan fingerprint density at radius 3 is 2.67 bits per heavy atom. The Balaban J connectivity index is 1.55. The van der Waals surface area contributed by atoms with E-state index < -0.39 is 0 Å². The first-order valence-corrected chi connectivity index (χ1v) is 9.59. The third-order valence-electron chi connectivity index (χ3n) is 3.80. The third kappa shape index (κ3) is 4.65. The largest absolute Gasteiger partial charge is 0.312 e. The molecular formula is C17H24N2S2. The molecule has 2 aromatic rings. The second kappa shape index (κ2) is 7.54. The van der Waals surface area contributed by atoms with Crippen molar-refractivity contribution < 1.29 is 0 Å². The van der Waals surface area contributed by atoms with Crippen molar-refractivity contribution in [2.75, 3.05) is 6.54 Å². The van der Waals surface area contributed by atoms with Crippen LogP contribution in [0.15, 0.2) is 29.6 Å². The van der Waals surface area contributed by atoms with E-state index in [1.807, 2.05) is 22.7 Å². The Kier molecular flexibility index (Phi) is 5.47. The number of thiophene rings is 2. The van der Waals surface area contributed by atoms with Crippen molar-refractivity contribution in [2.24, 2.45) is 0 Å². The molecule has 0 bridgehead atoms. The van der Waals surface area contributed by atoms with Gasteiger partial charge in [-0.05, 0) is 49.4 Å². The second-order valence-electron chi connectivity index (χ2n) is 5.76. The first-order valence-electron chi connectivity index (χ1n) is 7.90. The monoisotopic (exact) mass is 320 g/mol. The lowest BCUT2D eigenvalue weighted by Gasteiger charge is -2.20. The van der Waals surface area contributed by atoms with Gasteiger partial charge in [-0.15, -0.1) is 22.7 Å². The summed E-state index contributed by atoms with van der Waals surface area (Å²) in [6.45, 7) is 6.57. The molecule has 0 amide bonds. The van der Waals surface area contributed by atoms with Gasteiger partial charge in [0, 0.05) is 40.3 Å². The van der Waals surface area contributed by atoms with Gasteiger partial charge < -0.3 is 5.32 Å². The molecule has 3 rings (SSSR count). The smallest absolute Gasteiger partial charge is 0.0334 e. The van der Waals surface area contributed by atoms with Crippen LogP contribution in [0.5, 0.6) is 0 Å². The summed E-state index contributed by atoms with van der Waals surface area (Å²) in [4.78, 5) is 7.11. The van der Waals surface area contributed by atoms with Crippen molar-refractivity contribution in [3.8, 4) is 0 Å². The van der Waals surface area contributed by atoms with Crippen LogP contribution in [-0.4, -0.2) is 17.5 Å². The van der Waals surface area contributed by atoms with Gasteiger partial charge in [0.25, 0.3) is 0 Å². The summed E-state index contributed by atoms with van der Waals surface area (Å²) in [6.07, 6.45) is 3.96. The molecule has 2 nitrogen and oxygen atoms in total. The molecule has 4 heteroatoms. The first-order chi connectivity index (χ1) is 10.3. The summed E-state index contributed by atoms with van der Waals surface area (Å²) in [5, 5.41) is 5.67. The van der Waals surface area contributed by atoms with Crippen LogP contribution in [0.1, 0.15) is 40.8 Å². The molecule has 1 fully saturated rings. The fourth-order valence-corrected chi connectivity index (χ4v) is 4.29. The molecule has 1 aliphatic rings. The van der Waals surface area contributed by atoms with Gasteiger partial charge in [0.1, 0.15) is 0 Å². The number of nitrogens with zero attached hydrogens (tertiary/aromatic N) is 1. The highest BCUT2D eigenvalue weighted by atomic mass is 32.1. The highest BCUT2D eigenvalue weighted by Gasteiger charge is 2.29. The van der Waals surface area contributed by atoms with E-state index in [4.69, 9.17) is 0 Å². The molecule has 0 aromatic carbocycles. The van der Waals surface area contributed by atoms with Crippen molar-refractivity contribution >= 4 is 22.7 Å². The zero-order valence-corrected chi connectivity index (χ0v) is 14.3. The van der Waals surface area contributed by atoms with Gasteiger partial charge in [0.15, 0.2) is 0 Å². The average molecular weight is 321 g/mol. The maximum Gasteiger partial charge on any atom is 0.0334 e. The Bertz CT molecular complexity index is 529. The van der Waals surface area contributed by atoms with Crippen LogP contribution in [0, 0.1) is 0 Å². The molecule has 21 heavy (non-hydrogen) atoms. The SMILES string of the molecule is CCCNCc1ccc(CN(Cc2cccs2)C2CC2)s1. The Morgan fingerprint density at radius 1 is 1.14 bits per heavy atom. The molecule has 0 saturated heterocycles. The minimum Gasteiger partial charge on any atom is -0.312 e. The van der Waals surface area contributed by atoms with Crippen LogP contribution < -0.4 is 5.32 Å². The fourth-order valence-electron chi connectivity index (χ4n) is 2.55. The maximum absolute atomic E-state index is 3.49. The maximum atomic E-state index is 3.49. The highest BCUT2D eigenvalue weighted by molar-refractivity contribution is 7.12. The molecule has 0 spiro atoms. The van der Waals surface area contributed by atoms with Gasteiger partial charge in [0.2, 0.25) is 0 Å². The van der Waals surface area contributed by atoms with Crippen LogP contribution in [0.4, 0.5) is 0 Å².